The normalized spacial score (nSPS) is 10.8. The van der Waals surface area contributed by atoms with E-state index < -0.39 is 0 Å². The summed E-state index contributed by atoms with van der Waals surface area (Å²) in [4.78, 5) is 4.07. The van der Waals surface area contributed by atoms with Gasteiger partial charge in [0.15, 0.2) is 11.5 Å². The molecule has 0 aliphatic rings. The van der Waals surface area contributed by atoms with E-state index in [0.717, 1.165) is 46.6 Å². The second-order valence-electron chi connectivity index (χ2n) is 6.66. The molecule has 148 valence electrons. The number of aromatic nitrogens is 2. The van der Waals surface area contributed by atoms with Crippen LogP contribution in [-0.4, -0.2) is 23.2 Å². The molecule has 0 atom stereocenters. The van der Waals surface area contributed by atoms with Crippen LogP contribution >= 0.6 is 15.9 Å². The Hall–Kier alpha value is -2.31. The first-order valence-electron chi connectivity index (χ1n) is 9.37. The topological polar surface area (TPSA) is 48.3 Å². The van der Waals surface area contributed by atoms with Crippen molar-refractivity contribution in [2.45, 2.75) is 33.0 Å². The summed E-state index contributed by atoms with van der Waals surface area (Å²) < 4.78 is 14.8. The van der Waals surface area contributed by atoms with Gasteiger partial charge in [0.25, 0.3) is 0 Å². The maximum atomic E-state index is 6.17. The molecule has 1 heterocycles. The number of nitrogens with one attached hydrogen (secondary N) is 1. The van der Waals surface area contributed by atoms with Gasteiger partial charge in [-0.25, -0.2) is 4.98 Å². The van der Waals surface area contributed by atoms with Crippen molar-refractivity contribution in [1.82, 2.24) is 14.9 Å². The lowest BCUT2D eigenvalue weighted by molar-refractivity contribution is 0.280. The molecule has 28 heavy (non-hydrogen) atoms. The molecule has 0 spiro atoms. The second kappa shape index (κ2) is 10.3. The lowest BCUT2D eigenvalue weighted by Gasteiger charge is -2.17. The SMILES string of the molecule is COc1ccc(Br)c(CNCCCn2ccnc2)c1OCc1ccc(C)cc1. The Bertz CT molecular complexity index is 864. The van der Waals surface area contributed by atoms with Crippen LogP contribution in [-0.2, 0) is 19.7 Å². The first kappa shape index (κ1) is 20.4. The minimum absolute atomic E-state index is 0.501. The molecule has 0 saturated carbocycles. The second-order valence-corrected chi connectivity index (χ2v) is 7.52. The number of methoxy groups -OCH3 is 1. The number of nitrogens with zero attached hydrogens (tertiary/aromatic N) is 2. The van der Waals surface area contributed by atoms with E-state index >= 15 is 0 Å². The van der Waals surface area contributed by atoms with Crippen molar-refractivity contribution >= 4 is 15.9 Å². The van der Waals surface area contributed by atoms with E-state index in [0.29, 0.717) is 13.2 Å². The predicted molar refractivity (Wildman–Crippen MR) is 115 cm³/mol. The van der Waals surface area contributed by atoms with Gasteiger partial charge in [-0.3, -0.25) is 0 Å². The van der Waals surface area contributed by atoms with Crippen molar-refractivity contribution in [3.8, 4) is 11.5 Å². The smallest absolute Gasteiger partial charge is 0.167 e. The van der Waals surface area contributed by atoms with E-state index in [1.54, 1.807) is 13.3 Å². The van der Waals surface area contributed by atoms with Crippen molar-refractivity contribution < 1.29 is 9.47 Å². The molecule has 5 nitrogen and oxygen atoms in total. The third kappa shape index (κ3) is 5.59. The van der Waals surface area contributed by atoms with Crippen LogP contribution in [0.2, 0.25) is 0 Å². The largest absolute Gasteiger partial charge is 0.493 e. The molecule has 0 saturated heterocycles. The number of imidazole rings is 1. The Morgan fingerprint density at radius 2 is 1.96 bits per heavy atom. The molecule has 6 heteroatoms. The van der Waals surface area contributed by atoms with E-state index in [4.69, 9.17) is 9.47 Å². The molecule has 0 aliphatic carbocycles. The van der Waals surface area contributed by atoms with E-state index in [-0.39, 0.29) is 0 Å². The van der Waals surface area contributed by atoms with Gasteiger partial charge in [-0.2, -0.15) is 0 Å². The number of aryl methyl sites for hydroxylation is 2. The van der Waals surface area contributed by atoms with Crippen molar-refractivity contribution in [3.63, 3.8) is 0 Å². The highest BCUT2D eigenvalue weighted by molar-refractivity contribution is 9.10. The van der Waals surface area contributed by atoms with Gasteiger partial charge in [0, 0.05) is 35.5 Å². The van der Waals surface area contributed by atoms with Gasteiger partial charge in [0.05, 0.1) is 13.4 Å². The first-order valence-corrected chi connectivity index (χ1v) is 10.2. The summed E-state index contributed by atoms with van der Waals surface area (Å²) in [5, 5.41) is 3.50. The standard InChI is InChI=1S/C22H26BrN3O2/c1-17-4-6-18(7-5-17)15-28-22-19(20(23)8-9-21(22)27-2)14-24-10-3-12-26-13-11-25-16-26/h4-9,11,13,16,24H,3,10,12,14-15H2,1-2H3. The fourth-order valence-electron chi connectivity index (χ4n) is 2.92. The minimum Gasteiger partial charge on any atom is -0.493 e. The quantitative estimate of drug-likeness (QED) is 0.460. The van der Waals surface area contributed by atoms with Gasteiger partial charge in [0.1, 0.15) is 6.61 Å². The summed E-state index contributed by atoms with van der Waals surface area (Å²) in [6.45, 7) is 5.13. The molecule has 2 aromatic carbocycles. The molecule has 0 unspecified atom stereocenters. The molecule has 1 aromatic heterocycles. The van der Waals surface area contributed by atoms with Crippen LogP contribution in [0.25, 0.3) is 0 Å². The zero-order valence-electron chi connectivity index (χ0n) is 16.3. The molecule has 1 N–H and O–H groups in total. The van der Waals surface area contributed by atoms with Gasteiger partial charge in [-0.15, -0.1) is 0 Å². The van der Waals surface area contributed by atoms with Gasteiger partial charge < -0.3 is 19.4 Å². The van der Waals surface area contributed by atoms with Crippen LogP contribution in [0.5, 0.6) is 11.5 Å². The van der Waals surface area contributed by atoms with E-state index in [1.165, 1.54) is 5.56 Å². The highest BCUT2D eigenvalue weighted by atomic mass is 79.9. The Balaban J connectivity index is 1.62. The fraction of sp³-hybridized carbons (Fsp3) is 0.318. The fourth-order valence-corrected chi connectivity index (χ4v) is 3.38. The first-order chi connectivity index (χ1) is 13.7. The third-order valence-electron chi connectivity index (χ3n) is 4.52. The molecule has 0 fully saturated rings. The summed E-state index contributed by atoms with van der Waals surface area (Å²) in [7, 11) is 1.67. The molecule has 3 rings (SSSR count). The van der Waals surface area contributed by atoms with Crippen molar-refractivity contribution in [1.29, 1.82) is 0 Å². The molecule has 0 aliphatic heterocycles. The van der Waals surface area contributed by atoms with E-state index in [1.807, 2.05) is 24.7 Å². The number of benzene rings is 2. The number of rotatable bonds is 10. The summed E-state index contributed by atoms with van der Waals surface area (Å²) in [6.07, 6.45) is 6.65. The molecular formula is C22H26BrN3O2. The van der Waals surface area contributed by atoms with Crippen LogP contribution in [0.1, 0.15) is 23.1 Å². The summed E-state index contributed by atoms with van der Waals surface area (Å²) in [5.74, 6) is 1.52. The maximum Gasteiger partial charge on any atom is 0.167 e. The predicted octanol–water partition coefficient (Wildman–Crippen LogP) is 4.72. The highest BCUT2D eigenvalue weighted by Crippen LogP contribution is 2.36. The molecule has 0 amide bonds. The van der Waals surface area contributed by atoms with Gasteiger partial charge in [0.2, 0.25) is 0 Å². The highest BCUT2D eigenvalue weighted by Gasteiger charge is 2.14. The summed E-state index contributed by atoms with van der Waals surface area (Å²) in [6, 6.07) is 12.3. The van der Waals surface area contributed by atoms with Gasteiger partial charge in [-0.1, -0.05) is 45.8 Å². The van der Waals surface area contributed by atoms with Crippen LogP contribution in [0.15, 0.2) is 59.6 Å². The molecular weight excluding hydrogens is 418 g/mol. The molecule has 0 radical (unpaired) electrons. The Morgan fingerprint density at radius 3 is 2.68 bits per heavy atom. The van der Waals surface area contributed by atoms with Crippen LogP contribution < -0.4 is 14.8 Å². The van der Waals surface area contributed by atoms with Crippen molar-refractivity contribution in [2.24, 2.45) is 0 Å². The molecule has 3 aromatic rings. The Morgan fingerprint density at radius 1 is 1.14 bits per heavy atom. The maximum absolute atomic E-state index is 6.17. The average Bonchev–Trinajstić information content (AvgIpc) is 3.22. The van der Waals surface area contributed by atoms with Crippen LogP contribution in [0.3, 0.4) is 0 Å². The third-order valence-corrected chi connectivity index (χ3v) is 5.26. The van der Waals surface area contributed by atoms with Gasteiger partial charge in [-0.05, 0) is 37.6 Å². The lowest BCUT2D eigenvalue weighted by atomic mass is 10.1. The number of ether oxygens (including phenoxy) is 2. The Labute approximate surface area is 174 Å². The zero-order valence-corrected chi connectivity index (χ0v) is 17.9. The lowest BCUT2D eigenvalue weighted by Crippen LogP contribution is -2.17. The van der Waals surface area contributed by atoms with Crippen molar-refractivity contribution in [2.75, 3.05) is 13.7 Å². The summed E-state index contributed by atoms with van der Waals surface area (Å²) >= 11 is 3.66. The Kier molecular flexibility index (Phi) is 7.51. The van der Waals surface area contributed by atoms with Crippen LogP contribution in [0, 0.1) is 6.92 Å². The zero-order chi connectivity index (χ0) is 19.8. The number of halogens is 1. The van der Waals surface area contributed by atoms with Gasteiger partial charge >= 0.3 is 0 Å². The monoisotopic (exact) mass is 443 g/mol. The van der Waals surface area contributed by atoms with Crippen LogP contribution in [0.4, 0.5) is 0 Å². The number of hydrogen-bond donors (Lipinski definition) is 1. The van der Waals surface area contributed by atoms with E-state index in [2.05, 4.69) is 62.0 Å². The van der Waals surface area contributed by atoms with Crippen molar-refractivity contribution in [3.05, 3.63) is 76.3 Å². The minimum atomic E-state index is 0.501. The molecule has 0 bridgehead atoms. The van der Waals surface area contributed by atoms with E-state index in [9.17, 15) is 0 Å². The summed E-state index contributed by atoms with van der Waals surface area (Å²) in [5.41, 5.74) is 3.44. The number of hydrogen-bond acceptors (Lipinski definition) is 4. The average molecular weight is 444 g/mol.